The molecule has 0 saturated carbocycles. The lowest BCUT2D eigenvalue weighted by Crippen LogP contribution is -2.21. The van der Waals surface area contributed by atoms with Gasteiger partial charge in [0.05, 0.1) is 30.4 Å². The normalized spacial score (nSPS) is 21.6. The lowest BCUT2D eigenvalue weighted by Gasteiger charge is -2.18. The summed E-state index contributed by atoms with van der Waals surface area (Å²) in [6.07, 6.45) is 1.41. The third-order valence-corrected chi connectivity index (χ3v) is 10.4. The topological polar surface area (TPSA) is 144 Å². The maximum Gasteiger partial charge on any atom is 0.321 e. The van der Waals surface area contributed by atoms with Crippen molar-refractivity contribution in [3.05, 3.63) is 68.8 Å². The van der Waals surface area contributed by atoms with Gasteiger partial charge >= 0.3 is 11.9 Å². The molecule has 0 unspecified atom stereocenters. The molecule has 0 fully saturated rings. The third-order valence-electron chi connectivity index (χ3n) is 10.4. The number of H-pyrrole nitrogens is 2. The number of nitrogens with one attached hydrogen (secondary N) is 2. The van der Waals surface area contributed by atoms with E-state index in [1.54, 1.807) is 13.8 Å². The van der Waals surface area contributed by atoms with Crippen LogP contribution in [0.1, 0.15) is 144 Å². The second-order valence-electron chi connectivity index (χ2n) is 13.0. The van der Waals surface area contributed by atoms with Crippen molar-refractivity contribution in [3.63, 3.8) is 0 Å². The third kappa shape index (κ3) is 5.18. The zero-order chi connectivity index (χ0) is 33.9. The second kappa shape index (κ2) is 12.2. The number of aromatic nitrogens is 4. The number of hydrogen-bond donors (Lipinski definition) is 2. The van der Waals surface area contributed by atoms with E-state index in [4.69, 9.17) is 19.4 Å². The molecule has 246 valence electrons. The van der Waals surface area contributed by atoms with E-state index in [1.807, 2.05) is 39.0 Å². The highest BCUT2D eigenvalue weighted by atomic mass is 16.5. The molecule has 3 aromatic heterocycles. The number of ether oxygens (including phenoxy) is 2. The predicted molar refractivity (Wildman–Crippen MR) is 178 cm³/mol. The molecule has 8 bridgehead atoms. The average molecular weight is 639 g/mol. The Morgan fingerprint density at radius 1 is 0.872 bits per heavy atom. The molecule has 0 aromatic carbocycles. The lowest BCUT2D eigenvalue weighted by molar-refractivity contribution is -0.143. The van der Waals surface area contributed by atoms with Crippen LogP contribution in [-0.4, -0.2) is 57.2 Å². The van der Waals surface area contributed by atoms with Gasteiger partial charge in [-0.15, -0.1) is 0 Å². The molecule has 0 saturated heterocycles. The molecule has 2 aliphatic heterocycles. The number of carbonyl (C=O) groups is 4. The van der Waals surface area contributed by atoms with Crippen molar-refractivity contribution < 1.29 is 28.7 Å². The van der Waals surface area contributed by atoms with Crippen molar-refractivity contribution >= 4 is 45.6 Å². The first kappa shape index (κ1) is 32.3. The van der Waals surface area contributed by atoms with Gasteiger partial charge in [-0.2, -0.15) is 0 Å². The van der Waals surface area contributed by atoms with Crippen LogP contribution in [-0.2, 0) is 19.1 Å². The van der Waals surface area contributed by atoms with E-state index < -0.39 is 11.9 Å². The summed E-state index contributed by atoms with van der Waals surface area (Å²) in [4.78, 5) is 70.2. The molecule has 0 spiro atoms. The van der Waals surface area contributed by atoms with Gasteiger partial charge in [-0.3, -0.25) is 29.1 Å². The number of fused-ring (bicyclic) bond motifs is 8. The van der Waals surface area contributed by atoms with Crippen molar-refractivity contribution in [1.29, 1.82) is 0 Å². The molecular formula is C37H42N4O6. The van der Waals surface area contributed by atoms with Gasteiger partial charge in [-0.05, 0) is 69.9 Å². The minimum absolute atomic E-state index is 0.0553. The Labute approximate surface area is 273 Å². The molecule has 0 amide bonds. The monoisotopic (exact) mass is 638 g/mol. The quantitative estimate of drug-likeness (QED) is 0.158. The van der Waals surface area contributed by atoms with Crippen LogP contribution in [0.4, 0.5) is 0 Å². The standard InChI is InChI=1S/C37H42N4O6/c1-9-21-16(3)23-15-28-30(20(7)42)18(5)25(39-28)13-24-17(4)22(11-12-29(43)47-10-2)34(40-24)32-33(37(45)46-8)36(44)31-19(6)26(41-35(31)32)14-27(21)38-23/h13-17,21-22,33,39,41H,9-12H2,1-8H3/t16-,17+,21-,22+,33-/m1/s1. The van der Waals surface area contributed by atoms with Crippen LogP contribution in [0.25, 0.3) is 22.1 Å². The summed E-state index contributed by atoms with van der Waals surface area (Å²) >= 11 is 0. The fourth-order valence-corrected chi connectivity index (χ4v) is 7.84. The Balaban J connectivity index is 1.76. The Hall–Kier alpha value is -4.60. The number of hydrogen-bond acceptors (Lipinski definition) is 8. The van der Waals surface area contributed by atoms with Crippen LogP contribution in [0, 0.1) is 13.8 Å². The summed E-state index contributed by atoms with van der Waals surface area (Å²) in [6.45, 7) is 13.7. The van der Waals surface area contributed by atoms with E-state index in [0.29, 0.717) is 45.5 Å². The van der Waals surface area contributed by atoms with E-state index in [2.05, 4.69) is 23.8 Å². The fraction of sp³-hybridized carbons (Fsp3) is 0.459. The highest BCUT2D eigenvalue weighted by Crippen LogP contribution is 2.48. The Bertz CT molecular complexity index is 2000. The molecule has 0 radical (unpaired) electrons. The van der Waals surface area contributed by atoms with Crippen LogP contribution in [0.3, 0.4) is 0 Å². The Morgan fingerprint density at radius 2 is 1.51 bits per heavy atom. The number of aromatic amines is 2. The maximum atomic E-state index is 14.1. The van der Waals surface area contributed by atoms with Crippen molar-refractivity contribution in [2.45, 2.75) is 97.3 Å². The Kier molecular flexibility index (Phi) is 8.40. The number of nitrogens with zero attached hydrogens (tertiary/aromatic N) is 2. The molecule has 3 aromatic rings. The molecule has 2 N–H and O–H groups in total. The van der Waals surface area contributed by atoms with Crippen LogP contribution >= 0.6 is 0 Å². The van der Waals surface area contributed by atoms with Crippen molar-refractivity contribution in [3.8, 4) is 0 Å². The first-order valence-corrected chi connectivity index (χ1v) is 16.5. The van der Waals surface area contributed by atoms with Crippen molar-refractivity contribution in [2.24, 2.45) is 0 Å². The van der Waals surface area contributed by atoms with Gasteiger partial charge in [0.2, 0.25) is 0 Å². The largest absolute Gasteiger partial charge is 0.468 e. The predicted octanol–water partition coefficient (Wildman–Crippen LogP) is 7.12. The van der Waals surface area contributed by atoms with Crippen LogP contribution in [0.15, 0.2) is 18.2 Å². The highest BCUT2D eigenvalue weighted by Gasteiger charge is 2.45. The summed E-state index contributed by atoms with van der Waals surface area (Å²) < 4.78 is 10.4. The first-order valence-electron chi connectivity index (χ1n) is 16.5. The van der Waals surface area contributed by atoms with Gasteiger partial charge in [0.1, 0.15) is 5.92 Å². The number of Topliss-reactive ketones (excluding diaryl/α,β-unsaturated/α-hetero) is 2. The van der Waals surface area contributed by atoms with Crippen molar-refractivity contribution in [1.82, 2.24) is 19.9 Å². The van der Waals surface area contributed by atoms with E-state index in [-0.39, 0.29) is 54.2 Å². The van der Waals surface area contributed by atoms with Crippen molar-refractivity contribution in [2.75, 3.05) is 13.7 Å². The number of ketones is 2. The van der Waals surface area contributed by atoms with E-state index in [9.17, 15) is 19.2 Å². The minimum Gasteiger partial charge on any atom is -0.468 e. The van der Waals surface area contributed by atoms with Gasteiger partial charge < -0.3 is 19.4 Å². The number of methoxy groups -OCH3 is 1. The zero-order valence-corrected chi connectivity index (χ0v) is 28.3. The van der Waals surface area contributed by atoms with Gasteiger partial charge in [0.25, 0.3) is 0 Å². The van der Waals surface area contributed by atoms with E-state index >= 15 is 0 Å². The van der Waals surface area contributed by atoms with Crippen LogP contribution in [0.2, 0.25) is 0 Å². The maximum absolute atomic E-state index is 14.1. The molecule has 10 heteroatoms. The zero-order valence-electron chi connectivity index (χ0n) is 28.3. The molecule has 10 nitrogen and oxygen atoms in total. The number of aryl methyl sites for hydroxylation is 2. The molecule has 5 atom stereocenters. The molecular weight excluding hydrogens is 596 g/mol. The Morgan fingerprint density at radius 3 is 2.17 bits per heavy atom. The molecule has 5 heterocycles. The number of carbonyl (C=O) groups excluding carboxylic acids is 4. The summed E-state index contributed by atoms with van der Waals surface area (Å²) in [7, 11) is 1.28. The smallest absolute Gasteiger partial charge is 0.321 e. The van der Waals surface area contributed by atoms with E-state index in [1.165, 1.54) is 7.11 Å². The first-order chi connectivity index (χ1) is 22.4. The summed E-state index contributed by atoms with van der Waals surface area (Å²) in [6, 6.07) is 5.93. The molecule has 47 heavy (non-hydrogen) atoms. The SMILES string of the molecule is CCOC(=O)CC[C@@H]1c2nc(cc3[nH]c(cc4nc(cc5[nH]c6c(c5C)C(=O)[C@H](C(=O)OC)c26)[C@H](CC)[C@H]4C)c(C(C)=O)c3C)[C@H]1C. The molecule has 3 aliphatic rings. The number of rotatable bonds is 7. The highest BCUT2D eigenvalue weighted by molar-refractivity contribution is 6.23. The minimum atomic E-state index is -1.19. The molecule has 6 rings (SSSR count). The lowest BCUT2D eigenvalue weighted by atomic mass is 9.84. The van der Waals surface area contributed by atoms with E-state index in [0.717, 1.165) is 40.0 Å². The van der Waals surface area contributed by atoms with Gasteiger partial charge in [-0.25, -0.2) is 0 Å². The summed E-state index contributed by atoms with van der Waals surface area (Å²) in [5, 5.41) is 0. The van der Waals surface area contributed by atoms with Gasteiger partial charge in [0.15, 0.2) is 11.6 Å². The van der Waals surface area contributed by atoms with Crippen LogP contribution < -0.4 is 0 Å². The second-order valence-corrected chi connectivity index (χ2v) is 13.0. The van der Waals surface area contributed by atoms with Gasteiger partial charge in [0, 0.05) is 74.9 Å². The summed E-state index contributed by atoms with van der Waals surface area (Å²) in [5.74, 6) is -2.80. The van der Waals surface area contributed by atoms with Crippen LogP contribution in [0.5, 0.6) is 0 Å². The fourth-order valence-electron chi connectivity index (χ4n) is 7.84. The number of esters is 2. The average Bonchev–Trinajstić information content (AvgIpc) is 3.77. The molecule has 1 aliphatic carbocycles. The van der Waals surface area contributed by atoms with Gasteiger partial charge in [-0.1, -0.05) is 20.8 Å². The summed E-state index contributed by atoms with van der Waals surface area (Å²) in [5.41, 5.74) is 8.87.